The van der Waals surface area contributed by atoms with E-state index in [1.165, 1.54) is 0 Å². The van der Waals surface area contributed by atoms with Gasteiger partial charge in [-0.2, -0.15) is 0 Å². The molecule has 1 aromatic heterocycles. The minimum atomic E-state index is -0.241. The topological polar surface area (TPSA) is 77.5 Å². The number of nitrogens with two attached hydrogens (primary N) is 1. The molecule has 1 amide bonds. The lowest BCUT2D eigenvalue weighted by Gasteiger charge is -2.10. The Labute approximate surface area is 143 Å². The van der Waals surface area contributed by atoms with Crippen LogP contribution in [0.3, 0.4) is 0 Å². The summed E-state index contributed by atoms with van der Waals surface area (Å²) >= 11 is 3.39. The van der Waals surface area contributed by atoms with Crippen molar-refractivity contribution in [3.8, 4) is 5.75 Å². The highest BCUT2D eigenvalue weighted by Crippen LogP contribution is 2.31. The van der Waals surface area contributed by atoms with Gasteiger partial charge in [0.2, 0.25) is 0 Å². The van der Waals surface area contributed by atoms with E-state index in [0.717, 1.165) is 23.1 Å². The molecular formula is C17H19BrN2O3. The lowest BCUT2D eigenvalue weighted by molar-refractivity contribution is 0.0918. The van der Waals surface area contributed by atoms with Crippen molar-refractivity contribution in [2.75, 3.05) is 6.54 Å². The van der Waals surface area contributed by atoms with Gasteiger partial charge in [-0.15, -0.1) is 0 Å². The molecule has 0 spiro atoms. The summed E-state index contributed by atoms with van der Waals surface area (Å²) in [4.78, 5) is 12.0. The zero-order valence-corrected chi connectivity index (χ0v) is 14.2. The Balaban J connectivity index is 1.49. The van der Waals surface area contributed by atoms with Crippen LogP contribution in [0.4, 0.5) is 0 Å². The van der Waals surface area contributed by atoms with Gasteiger partial charge in [0.15, 0.2) is 5.76 Å². The Bertz CT molecular complexity index is 682. The van der Waals surface area contributed by atoms with E-state index in [9.17, 15) is 4.79 Å². The molecule has 1 aliphatic carbocycles. The summed E-state index contributed by atoms with van der Waals surface area (Å²) in [6.07, 6.45) is 2.32. The minimum absolute atomic E-state index is 0.0354. The van der Waals surface area contributed by atoms with Crippen molar-refractivity contribution < 1.29 is 13.9 Å². The highest BCUT2D eigenvalue weighted by molar-refractivity contribution is 9.10. The van der Waals surface area contributed by atoms with Crippen molar-refractivity contribution in [3.63, 3.8) is 0 Å². The third kappa shape index (κ3) is 4.59. The number of carbonyl (C=O) groups excluding carboxylic acids is 1. The Kier molecular flexibility index (Phi) is 5.03. The maximum Gasteiger partial charge on any atom is 0.287 e. The number of rotatable bonds is 7. The van der Waals surface area contributed by atoms with Crippen LogP contribution >= 0.6 is 15.9 Å². The third-order valence-electron chi connectivity index (χ3n) is 3.79. The fraction of sp³-hybridized carbons (Fsp3) is 0.353. The zero-order valence-electron chi connectivity index (χ0n) is 12.6. The highest BCUT2D eigenvalue weighted by Gasteiger charge is 2.28. The fourth-order valence-electron chi connectivity index (χ4n) is 2.28. The first-order valence-electron chi connectivity index (χ1n) is 7.62. The van der Waals surface area contributed by atoms with Gasteiger partial charge in [-0.25, -0.2) is 0 Å². The van der Waals surface area contributed by atoms with E-state index in [4.69, 9.17) is 14.9 Å². The van der Waals surface area contributed by atoms with Crippen molar-refractivity contribution in [3.05, 3.63) is 52.4 Å². The molecule has 5 nitrogen and oxygen atoms in total. The van der Waals surface area contributed by atoms with E-state index in [0.29, 0.717) is 18.2 Å². The SMILES string of the molecule is NC(CNC(=O)c1ccc(COc2cccc(Br)c2)o1)C1CC1. The monoisotopic (exact) mass is 378 g/mol. The van der Waals surface area contributed by atoms with E-state index < -0.39 is 0 Å². The van der Waals surface area contributed by atoms with Gasteiger partial charge < -0.3 is 20.2 Å². The number of nitrogens with one attached hydrogen (secondary N) is 1. The number of amides is 1. The second-order valence-corrected chi connectivity index (χ2v) is 6.64. The Morgan fingerprint density at radius 2 is 2.22 bits per heavy atom. The normalized spacial score (nSPS) is 15.2. The average molecular weight is 379 g/mol. The Morgan fingerprint density at radius 3 is 2.96 bits per heavy atom. The molecular weight excluding hydrogens is 360 g/mol. The molecule has 0 saturated heterocycles. The van der Waals surface area contributed by atoms with Crippen LogP contribution < -0.4 is 15.8 Å². The van der Waals surface area contributed by atoms with Gasteiger partial charge in [0, 0.05) is 17.1 Å². The number of benzene rings is 1. The van der Waals surface area contributed by atoms with Crippen LogP contribution in [0.5, 0.6) is 5.75 Å². The summed E-state index contributed by atoms with van der Waals surface area (Å²) < 4.78 is 12.1. The second-order valence-electron chi connectivity index (χ2n) is 5.72. The number of ether oxygens (including phenoxy) is 1. The lowest BCUT2D eigenvalue weighted by atomic mass is 10.2. The average Bonchev–Trinajstić information content (AvgIpc) is 3.29. The number of hydrogen-bond acceptors (Lipinski definition) is 4. The molecule has 1 heterocycles. The molecule has 3 N–H and O–H groups in total. The molecule has 122 valence electrons. The number of furan rings is 1. The predicted octanol–water partition coefficient (Wildman–Crippen LogP) is 3.09. The van der Waals surface area contributed by atoms with Gasteiger partial charge in [0.25, 0.3) is 5.91 Å². The maximum atomic E-state index is 12.0. The van der Waals surface area contributed by atoms with E-state index in [1.54, 1.807) is 12.1 Å². The Hall–Kier alpha value is -1.79. The molecule has 6 heteroatoms. The highest BCUT2D eigenvalue weighted by atomic mass is 79.9. The summed E-state index contributed by atoms with van der Waals surface area (Å²) in [5.74, 6) is 1.93. The van der Waals surface area contributed by atoms with E-state index in [-0.39, 0.29) is 24.3 Å². The van der Waals surface area contributed by atoms with Crippen molar-refractivity contribution >= 4 is 21.8 Å². The summed E-state index contributed by atoms with van der Waals surface area (Å²) in [5.41, 5.74) is 5.97. The van der Waals surface area contributed by atoms with Crippen molar-refractivity contribution in [2.24, 2.45) is 11.7 Å². The van der Waals surface area contributed by atoms with Crippen molar-refractivity contribution in [1.29, 1.82) is 0 Å². The fourth-order valence-corrected chi connectivity index (χ4v) is 2.66. The number of hydrogen-bond donors (Lipinski definition) is 2. The second kappa shape index (κ2) is 7.19. The predicted molar refractivity (Wildman–Crippen MR) is 90.2 cm³/mol. The lowest BCUT2D eigenvalue weighted by Crippen LogP contribution is -2.38. The molecule has 1 saturated carbocycles. The molecule has 2 aromatic rings. The van der Waals surface area contributed by atoms with Crippen LogP contribution in [-0.4, -0.2) is 18.5 Å². The van der Waals surface area contributed by atoms with E-state index in [2.05, 4.69) is 21.2 Å². The van der Waals surface area contributed by atoms with Gasteiger partial charge in [-0.1, -0.05) is 22.0 Å². The van der Waals surface area contributed by atoms with Crippen molar-refractivity contribution in [2.45, 2.75) is 25.5 Å². The van der Waals surface area contributed by atoms with E-state index in [1.807, 2.05) is 24.3 Å². The summed E-state index contributed by atoms with van der Waals surface area (Å²) in [7, 11) is 0. The molecule has 0 radical (unpaired) electrons. The number of carbonyl (C=O) groups is 1. The molecule has 0 bridgehead atoms. The first-order chi connectivity index (χ1) is 11.1. The van der Waals surface area contributed by atoms with E-state index >= 15 is 0 Å². The molecule has 3 rings (SSSR count). The van der Waals surface area contributed by atoms with Gasteiger partial charge in [0.05, 0.1) is 0 Å². The molecule has 1 aliphatic rings. The number of halogens is 1. The summed E-state index contributed by atoms with van der Waals surface area (Å²) in [6.45, 7) is 0.749. The van der Waals surface area contributed by atoms with Crippen LogP contribution in [0.25, 0.3) is 0 Å². The molecule has 1 atom stereocenters. The third-order valence-corrected chi connectivity index (χ3v) is 4.28. The van der Waals surface area contributed by atoms with Crippen LogP contribution in [0.1, 0.15) is 29.2 Å². The smallest absolute Gasteiger partial charge is 0.287 e. The largest absolute Gasteiger partial charge is 0.486 e. The van der Waals surface area contributed by atoms with Crippen LogP contribution in [-0.2, 0) is 6.61 Å². The van der Waals surface area contributed by atoms with Crippen LogP contribution in [0, 0.1) is 5.92 Å². The summed E-state index contributed by atoms with van der Waals surface area (Å²) in [5, 5.41) is 2.81. The maximum absolute atomic E-state index is 12.0. The molecule has 1 fully saturated rings. The Morgan fingerprint density at radius 1 is 1.39 bits per heavy atom. The standard InChI is InChI=1S/C17H19BrN2O3/c18-12-2-1-3-13(8-12)22-10-14-6-7-16(23-14)17(21)20-9-15(19)11-4-5-11/h1-3,6-8,11,15H,4-5,9-10,19H2,(H,20,21). The quantitative estimate of drug-likeness (QED) is 0.775. The van der Waals surface area contributed by atoms with Gasteiger partial charge >= 0.3 is 0 Å². The zero-order chi connectivity index (χ0) is 16.2. The van der Waals surface area contributed by atoms with Crippen LogP contribution in [0.2, 0.25) is 0 Å². The minimum Gasteiger partial charge on any atom is -0.486 e. The molecule has 1 aromatic carbocycles. The van der Waals surface area contributed by atoms with Gasteiger partial charge in [-0.05, 0) is 49.1 Å². The summed E-state index contributed by atoms with van der Waals surface area (Å²) in [6, 6.07) is 11.0. The van der Waals surface area contributed by atoms with Crippen LogP contribution in [0.15, 0.2) is 45.3 Å². The first-order valence-corrected chi connectivity index (χ1v) is 8.42. The van der Waals surface area contributed by atoms with Gasteiger partial charge in [-0.3, -0.25) is 4.79 Å². The van der Waals surface area contributed by atoms with Gasteiger partial charge in [0.1, 0.15) is 18.1 Å². The first kappa shape index (κ1) is 16.1. The molecule has 0 aliphatic heterocycles. The molecule has 23 heavy (non-hydrogen) atoms. The van der Waals surface area contributed by atoms with Crippen molar-refractivity contribution in [1.82, 2.24) is 5.32 Å². The molecule has 1 unspecified atom stereocenters.